The second kappa shape index (κ2) is 7.55. The Morgan fingerprint density at radius 1 is 1.03 bits per heavy atom. The number of fused-ring (bicyclic) bond motifs is 1. The van der Waals surface area contributed by atoms with E-state index in [1.165, 1.54) is 47.2 Å². The first-order valence-corrected chi connectivity index (χ1v) is 12.0. The molecule has 1 atom stereocenters. The average Bonchev–Trinajstić information content (AvgIpc) is 3.25. The van der Waals surface area contributed by atoms with Gasteiger partial charge in [0.1, 0.15) is 6.67 Å². The lowest BCUT2D eigenvalue weighted by atomic mass is 9.58. The lowest BCUT2D eigenvalue weighted by Crippen LogP contribution is -2.38. The van der Waals surface area contributed by atoms with E-state index in [1.54, 1.807) is 0 Å². The van der Waals surface area contributed by atoms with E-state index < -0.39 is 0 Å². The number of allylic oxidation sites excluding steroid dienone is 2. The zero-order chi connectivity index (χ0) is 22.6. The first kappa shape index (κ1) is 21.4. The second-order valence-corrected chi connectivity index (χ2v) is 10.7. The van der Waals surface area contributed by atoms with Crippen LogP contribution in [0, 0.1) is 6.92 Å². The SMILES string of the molecule is CCC1(C)C=CC(C)(C)c2cc(C3(c4ccc(CC5=NCNO5)cn4)CCC3)c(C)cc21. The minimum absolute atomic E-state index is 0.0282. The Balaban J connectivity index is 1.55. The van der Waals surface area contributed by atoms with Crippen molar-refractivity contribution in [2.75, 3.05) is 6.67 Å². The fraction of sp³-hybridized carbons (Fsp3) is 0.500. The van der Waals surface area contributed by atoms with E-state index in [9.17, 15) is 0 Å². The molecule has 2 heterocycles. The topological polar surface area (TPSA) is 46.5 Å². The number of benzene rings is 1. The van der Waals surface area contributed by atoms with Gasteiger partial charge in [-0.25, -0.2) is 4.99 Å². The second-order valence-electron chi connectivity index (χ2n) is 10.7. The van der Waals surface area contributed by atoms with Crippen LogP contribution in [0.3, 0.4) is 0 Å². The molecule has 5 rings (SSSR count). The van der Waals surface area contributed by atoms with Gasteiger partial charge in [-0.15, -0.1) is 5.48 Å². The van der Waals surface area contributed by atoms with Crippen molar-refractivity contribution in [2.45, 2.75) is 83.0 Å². The number of pyridine rings is 1. The Bertz CT molecular complexity index is 1090. The van der Waals surface area contributed by atoms with E-state index in [0.717, 1.165) is 17.9 Å². The summed E-state index contributed by atoms with van der Waals surface area (Å²) in [6.07, 6.45) is 12.2. The Morgan fingerprint density at radius 2 is 1.84 bits per heavy atom. The molecule has 1 saturated carbocycles. The zero-order valence-corrected chi connectivity index (χ0v) is 20.1. The first-order valence-electron chi connectivity index (χ1n) is 12.0. The summed E-state index contributed by atoms with van der Waals surface area (Å²) in [5.41, 5.74) is 11.2. The third-order valence-electron chi connectivity index (χ3n) is 8.18. The Morgan fingerprint density at radius 3 is 2.44 bits per heavy atom. The zero-order valence-electron chi connectivity index (χ0n) is 20.1. The van der Waals surface area contributed by atoms with Crippen molar-refractivity contribution in [3.8, 4) is 0 Å². The molecule has 1 aliphatic heterocycles. The number of nitrogens with zero attached hydrogens (tertiary/aromatic N) is 2. The maximum Gasteiger partial charge on any atom is 0.215 e. The lowest BCUT2D eigenvalue weighted by molar-refractivity contribution is 0.210. The number of hydrogen-bond acceptors (Lipinski definition) is 4. The van der Waals surface area contributed by atoms with Gasteiger partial charge >= 0.3 is 0 Å². The maximum atomic E-state index is 5.34. The van der Waals surface area contributed by atoms with Gasteiger partial charge in [-0.2, -0.15) is 0 Å². The third-order valence-corrected chi connectivity index (χ3v) is 8.18. The fourth-order valence-corrected chi connectivity index (χ4v) is 5.65. The Labute approximate surface area is 192 Å². The molecule has 2 aromatic rings. The molecular weight excluding hydrogens is 394 g/mol. The van der Waals surface area contributed by atoms with Gasteiger partial charge in [0.15, 0.2) is 0 Å². The van der Waals surface area contributed by atoms with Crippen LogP contribution in [0.1, 0.15) is 86.9 Å². The molecule has 3 aliphatic rings. The quantitative estimate of drug-likeness (QED) is 0.610. The van der Waals surface area contributed by atoms with Crippen LogP contribution in [0.4, 0.5) is 0 Å². The molecule has 2 aliphatic carbocycles. The van der Waals surface area contributed by atoms with Crippen molar-refractivity contribution in [1.82, 2.24) is 10.5 Å². The summed E-state index contributed by atoms with van der Waals surface area (Å²) < 4.78 is 0. The molecule has 1 aromatic carbocycles. The molecule has 0 bridgehead atoms. The van der Waals surface area contributed by atoms with Crippen LogP contribution in [-0.2, 0) is 27.5 Å². The highest BCUT2D eigenvalue weighted by molar-refractivity contribution is 5.79. The van der Waals surface area contributed by atoms with Crippen molar-refractivity contribution in [1.29, 1.82) is 0 Å². The maximum absolute atomic E-state index is 5.34. The van der Waals surface area contributed by atoms with E-state index >= 15 is 0 Å². The van der Waals surface area contributed by atoms with Crippen molar-refractivity contribution in [3.63, 3.8) is 0 Å². The predicted molar refractivity (Wildman–Crippen MR) is 130 cm³/mol. The molecule has 1 aromatic heterocycles. The van der Waals surface area contributed by atoms with E-state index in [4.69, 9.17) is 9.82 Å². The van der Waals surface area contributed by atoms with E-state index in [2.05, 4.69) is 81.5 Å². The monoisotopic (exact) mass is 429 g/mol. The average molecular weight is 430 g/mol. The third kappa shape index (κ3) is 3.31. The van der Waals surface area contributed by atoms with E-state index in [-0.39, 0.29) is 16.2 Å². The molecule has 32 heavy (non-hydrogen) atoms. The fourth-order valence-electron chi connectivity index (χ4n) is 5.65. The standard InChI is InChI=1S/C28H35N3O/c1-6-27(5)13-12-26(3,4)22-16-21(19(2)14-23(22)27)28(10-7-11-28)24-9-8-20(17-29-24)15-25-30-18-31-32-25/h8-9,12-14,16-17,31H,6-7,10-11,15,18H2,1-5H3. The molecule has 1 N–H and O–H groups in total. The summed E-state index contributed by atoms with van der Waals surface area (Å²) in [6, 6.07) is 9.44. The number of aromatic nitrogens is 1. The van der Waals surface area contributed by atoms with Gasteiger partial charge in [0.05, 0.1) is 12.1 Å². The Hall–Kier alpha value is -2.46. The van der Waals surface area contributed by atoms with Crippen LogP contribution >= 0.6 is 0 Å². The molecule has 0 amide bonds. The molecule has 0 spiro atoms. The molecule has 0 saturated heterocycles. The van der Waals surface area contributed by atoms with Crippen molar-refractivity contribution < 1.29 is 4.84 Å². The minimum atomic E-state index is 0.0282. The van der Waals surface area contributed by atoms with Crippen molar-refractivity contribution >= 4 is 5.90 Å². The van der Waals surface area contributed by atoms with Gasteiger partial charge in [0.25, 0.3) is 0 Å². The molecule has 0 radical (unpaired) electrons. The number of hydrogen-bond donors (Lipinski definition) is 1. The summed E-state index contributed by atoms with van der Waals surface area (Å²) >= 11 is 0. The highest BCUT2D eigenvalue weighted by Gasteiger charge is 2.44. The largest absolute Gasteiger partial charge is 0.391 e. The van der Waals surface area contributed by atoms with Crippen LogP contribution in [0.15, 0.2) is 47.6 Å². The van der Waals surface area contributed by atoms with Gasteiger partial charge in [-0.05, 0) is 60.1 Å². The van der Waals surface area contributed by atoms with Gasteiger partial charge in [-0.1, -0.05) is 64.5 Å². The van der Waals surface area contributed by atoms with E-state index in [0.29, 0.717) is 13.1 Å². The highest BCUT2D eigenvalue weighted by atomic mass is 16.7. The molecule has 4 nitrogen and oxygen atoms in total. The number of rotatable bonds is 5. The van der Waals surface area contributed by atoms with Gasteiger partial charge < -0.3 is 4.84 Å². The van der Waals surface area contributed by atoms with Gasteiger partial charge in [0, 0.05) is 22.4 Å². The Kier molecular flexibility index (Phi) is 5.05. The normalized spacial score (nSPS) is 25.0. The van der Waals surface area contributed by atoms with Crippen LogP contribution in [-0.4, -0.2) is 17.6 Å². The first-order chi connectivity index (χ1) is 15.3. The summed E-state index contributed by atoms with van der Waals surface area (Å²) in [4.78, 5) is 14.6. The molecular formula is C28H35N3O. The van der Waals surface area contributed by atoms with Crippen LogP contribution in [0.25, 0.3) is 0 Å². The number of hydroxylamine groups is 1. The van der Waals surface area contributed by atoms with Gasteiger partial charge in [0.2, 0.25) is 5.90 Å². The lowest BCUT2D eigenvalue weighted by Gasteiger charge is -2.45. The number of nitrogens with one attached hydrogen (secondary N) is 1. The highest BCUT2D eigenvalue weighted by Crippen LogP contribution is 2.52. The van der Waals surface area contributed by atoms with Crippen molar-refractivity contribution in [2.24, 2.45) is 4.99 Å². The number of aliphatic imine (C=N–C) groups is 1. The van der Waals surface area contributed by atoms with E-state index in [1.807, 2.05) is 6.20 Å². The summed E-state index contributed by atoms with van der Waals surface area (Å²) in [5.74, 6) is 0.734. The van der Waals surface area contributed by atoms with Gasteiger partial charge in [-0.3, -0.25) is 4.98 Å². The summed E-state index contributed by atoms with van der Waals surface area (Å²) in [5, 5.41) is 0. The minimum Gasteiger partial charge on any atom is -0.391 e. The molecule has 1 unspecified atom stereocenters. The molecule has 168 valence electrons. The number of aryl methyl sites for hydroxylation is 1. The molecule has 1 fully saturated rings. The van der Waals surface area contributed by atoms with Crippen LogP contribution in [0.5, 0.6) is 0 Å². The van der Waals surface area contributed by atoms with Crippen LogP contribution in [0.2, 0.25) is 0 Å². The summed E-state index contributed by atoms with van der Waals surface area (Å²) in [7, 11) is 0. The molecule has 4 heteroatoms. The van der Waals surface area contributed by atoms with Crippen molar-refractivity contribution in [3.05, 3.63) is 76.1 Å². The predicted octanol–water partition coefficient (Wildman–Crippen LogP) is 5.81. The summed E-state index contributed by atoms with van der Waals surface area (Å²) in [6.45, 7) is 12.2. The smallest absolute Gasteiger partial charge is 0.215 e. The van der Waals surface area contributed by atoms with Crippen LogP contribution < -0.4 is 5.48 Å².